The maximum Gasteiger partial charge on any atom is 0.263 e. The Labute approximate surface area is 159 Å². The third kappa shape index (κ3) is 3.71. The van der Waals surface area contributed by atoms with Crippen LogP contribution in [-0.4, -0.2) is 8.42 Å². The number of benzene rings is 3. The molecule has 1 aliphatic carbocycles. The molecule has 1 saturated carbocycles. The van der Waals surface area contributed by atoms with Gasteiger partial charge < -0.3 is 0 Å². The van der Waals surface area contributed by atoms with Gasteiger partial charge in [0.2, 0.25) is 0 Å². The van der Waals surface area contributed by atoms with E-state index in [4.69, 9.17) is 5.26 Å². The van der Waals surface area contributed by atoms with Crippen LogP contribution in [-0.2, 0) is 10.0 Å². The monoisotopic (exact) mass is 374 g/mol. The Balaban J connectivity index is 1.61. The molecular formula is C22H18N2O2S. The molecule has 0 heterocycles. The average Bonchev–Trinajstić information content (AvgIpc) is 3.53. The van der Waals surface area contributed by atoms with Crippen molar-refractivity contribution in [2.24, 2.45) is 0 Å². The lowest BCUT2D eigenvalue weighted by Crippen LogP contribution is -2.14. The predicted molar refractivity (Wildman–Crippen MR) is 106 cm³/mol. The van der Waals surface area contributed by atoms with E-state index in [1.54, 1.807) is 24.3 Å². The normalized spacial score (nSPS) is 13.7. The number of anilines is 1. The van der Waals surface area contributed by atoms with Crippen molar-refractivity contribution >= 4 is 15.7 Å². The molecule has 1 aliphatic rings. The van der Waals surface area contributed by atoms with Gasteiger partial charge in [0, 0.05) is 5.69 Å². The summed E-state index contributed by atoms with van der Waals surface area (Å²) in [7, 11) is -3.84. The van der Waals surface area contributed by atoms with Crippen LogP contribution in [0.2, 0.25) is 0 Å². The van der Waals surface area contributed by atoms with Crippen molar-refractivity contribution in [1.82, 2.24) is 0 Å². The first-order valence-corrected chi connectivity index (χ1v) is 10.3. The highest BCUT2D eigenvalue weighted by molar-refractivity contribution is 7.92. The van der Waals surface area contributed by atoms with Crippen molar-refractivity contribution in [3.63, 3.8) is 0 Å². The minimum Gasteiger partial charge on any atom is -0.280 e. The van der Waals surface area contributed by atoms with Gasteiger partial charge in [-0.15, -0.1) is 0 Å². The summed E-state index contributed by atoms with van der Waals surface area (Å²) in [6, 6.07) is 23.8. The summed E-state index contributed by atoms with van der Waals surface area (Å²) < 4.78 is 28.0. The Bertz CT molecular complexity index is 1130. The smallest absolute Gasteiger partial charge is 0.263 e. The van der Waals surface area contributed by atoms with Crippen molar-refractivity contribution in [3.8, 4) is 17.2 Å². The zero-order valence-corrected chi connectivity index (χ0v) is 15.4. The number of nitrogens with one attached hydrogen (secondary N) is 1. The molecule has 0 aliphatic heterocycles. The van der Waals surface area contributed by atoms with Gasteiger partial charge in [-0.3, -0.25) is 4.72 Å². The van der Waals surface area contributed by atoms with E-state index in [0.717, 1.165) is 11.1 Å². The molecule has 3 aromatic rings. The van der Waals surface area contributed by atoms with E-state index in [0.29, 0.717) is 11.6 Å². The summed E-state index contributed by atoms with van der Waals surface area (Å²) in [4.78, 5) is -0.0216. The van der Waals surface area contributed by atoms with Gasteiger partial charge >= 0.3 is 0 Å². The summed E-state index contributed by atoms with van der Waals surface area (Å²) in [5.41, 5.74) is 3.93. The van der Waals surface area contributed by atoms with Gasteiger partial charge in [0.1, 0.15) is 11.0 Å². The molecular weight excluding hydrogens is 356 g/mol. The molecule has 0 bridgehead atoms. The second-order valence-electron chi connectivity index (χ2n) is 6.69. The van der Waals surface area contributed by atoms with Crippen molar-refractivity contribution in [1.29, 1.82) is 5.26 Å². The minimum absolute atomic E-state index is 0.0216. The third-order valence-corrected chi connectivity index (χ3v) is 6.14. The fourth-order valence-corrected chi connectivity index (χ4v) is 4.34. The largest absolute Gasteiger partial charge is 0.280 e. The van der Waals surface area contributed by atoms with E-state index < -0.39 is 10.0 Å². The quantitative estimate of drug-likeness (QED) is 0.690. The van der Waals surface area contributed by atoms with Gasteiger partial charge in [-0.2, -0.15) is 5.26 Å². The zero-order valence-electron chi connectivity index (χ0n) is 14.6. The van der Waals surface area contributed by atoms with Crippen LogP contribution in [0.3, 0.4) is 0 Å². The minimum atomic E-state index is -3.84. The molecule has 0 amide bonds. The molecule has 0 saturated heterocycles. The molecule has 1 fully saturated rings. The van der Waals surface area contributed by atoms with Crippen LogP contribution in [0.15, 0.2) is 77.7 Å². The van der Waals surface area contributed by atoms with Crippen LogP contribution >= 0.6 is 0 Å². The standard InChI is InChI=1S/C22H18N2O2S/c23-15-20-4-1-2-7-22(20)27(25,26)24-21-6-3-5-19(14-21)18-12-10-17(11-13-18)16-8-9-16/h1-7,10-14,16,24H,8-9H2. The fourth-order valence-electron chi connectivity index (χ4n) is 3.13. The first-order chi connectivity index (χ1) is 13.1. The number of nitriles is 1. The maximum absolute atomic E-state index is 12.7. The van der Waals surface area contributed by atoms with Crippen LogP contribution in [0.25, 0.3) is 11.1 Å². The van der Waals surface area contributed by atoms with Crippen LogP contribution in [0, 0.1) is 11.3 Å². The number of nitrogens with zero attached hydrogens (tertiary/aromatic N) is 1. The van der Waals surface area contributed by atoms with Gasteiger partial charge in [-0.1, -0.05) is 48.5 Å². The molecule has 27 heavy (non-hydrogen) atoms. The summed E-state index contributed by atoms with van der Waals surface area (Å²) in [6.07, 6.45) is 2.53. The molecule has 4 nitrogen and oxygen atoms in total. The summed E-state index contributed by atoms with van der Waals surface area (Å²) in [6.45, 7) is 0. The molecule has 0 atom stereocenters. The predicted octanol–water partition coefficient (Wildman–Crippen LogP) is 4.90. The lowest BCUT2D eigenvalue weighted by Gasteiger charge is -2.11. The zero-order chi connectivity index (χ0) is 18.9. The number of sulfonamides is 1. The Hall–Kier alpha value is -3.10. The Kier molecular flexibility index (Phi) is 4.43. The van der Waals surface area contributed by atoms with Crippen LogP contribution in [0.4, 0.5) is 5.69 Å². The molecule has 0 spiro atoms. The first-order valence-electron chi connectivity index (χ1n) is 8.79. The molecule has 5 heteroatoms. The SMILES string of the molecule is N#Cc1ccccc1S(=O)(=O)Nc1cccc(-c2ccc(C3CC3)cc2)c1. The molecule has 0 aromatic heterocycles. The van der Waals surface area contributed by atoms with Crippen molar-refractivity contribution in [2.75, 3.05) is 4.72 Å². The van der Waals surface area contributed by atoms with E-state index in [1.165, 1.54) is 30.5 Å². The van der Waals surface area contributed by atoms with Crippen molar-refractivity contribution in [3.05, 3.63) is 83.9 Å². The Morgan fingerprint density at radius 1 is 0.889 bits per heavy atom. The summed E-state index contributed by atoms with van der Waals surface area (Å²) in [5, 5.41) is 9.16. The first kappa shape index (κ1) is 17.3. The van der Waals surface area contributed by atoms with Crippen LogP contribution in [0.5, 0.6) is 0 Å². The highest BCUT2D eigenvalue weighted by Crippen LogP contribution is 2.40. The topological polar surface area (TPSA) is 70.0 Å². The maximum atomic E-state index is 12.7. The fraction of sp³-hybridized carbons (Fsp3) is 0.136. The Morgan fingerprint density at radius 2 is 1.63 bits per heavy atom. The third-order valence-electron chi connectivity index (χ3n) is 4.70. The molecule has 0 unspecified atom stereocenters. The average molecular weight is 374 g/mol. The van der Waals surface area contributed by atoms with Gasteiger partial charge in [-0.05, 0) is 59.7 Å². The number of hydrogen-bond donors (Lipinski definition) is 1. The van der Waals surface area contributed by atoms with Gasteiger partial charge in [0.25, 0.3) is 10.0 Å². The van der Waals surface area contributed by atoms with Gasteiger partial charge in [0.15, 0.2) is 0 Å². The molecule has 4 rings (SSSR count). The number of rotatable bonds is 5. The van der Waals surface area contributed by atoms with E-state index in [-0.39, 0.29) is 10.5 Å². The van der Waals surface area contributed by atoms with Crippen molar-refractivity contribution in [2.45, 2.75) is 23.7 Å². The van der Waals surface area contributed by atoms with Gasteiger partial charge in [0.05, 0.1) is 5.56 Å². The highest BCUT2D eigenvalue weighted by Gasteiger charge is 2.23. The molecule has 3 aromatic carbocycles. The summed E-state index contributed by atoms with van der Waals surface area (Å²) in [5.74, 6) is 0.706. The van der Waals surface area contributed by atoms with Gasteiger partial charge in [-0.25, -0.2) is 8.42 Å². The van der Waals surface area contributed by atoms with Crippen LogP contribution < -0.4 is 4.72 Å². The number of hydrogen-bond acceptors (Lipinski definition) is 3. The van der Waals surface area contributed by atoms with E-state index in [9.17, 15) is 8.42 Å². The van der Waals surface area contributed by atoms with E-state index in [2.05, 4.69) is 29.0 Å². The summed E-state index contributed by atoms with van der Waals surface area (Å²) >= 11 is 0. The highest BCUT2D eigenvalue weighted by atomic mass is 32.2. The lowest BCUT2D eigenvalue weighted by atomic mass is 10.0. The van der Waals surface area contributed by atoms with E-state index >= 15 is 0 Å². The van der Waals surface area contributed by atoms with Crippen molar-refractivity contribution < 1.29 is 8.42 Å². The second kappa shape index (κ2) is 6.90. The lowest BCUT2D eigenvalue weighted by molar-refractivity contribution is 0.601. The van der Waals surface area contributed by atoms with Crippen LogP contribution in [0.1, 0.15) is 29.9 Å². The second-order valence-corrected chi connectivity index (χ2v) is 8.34. The molecule has 134 valence electrons. The Morgan fingerprint density at radius 3 is 2.33 bits per heavy atom. The molecule has 1 N–H and O–H groups in total. The molecule has 0 radical (unpaired) electrons. The van der Waals surface area contributed by atoms with E-state index in [1.807, 2.05) is 18.2 Å².